The molecule has 0 aliphatic carbocycles. The minimum Gasteiger partial charge on any atom is -0.274 e. The van der Waals surface area contributed by atoms with Gasteiger partial charge in [-0.1, -0.05) is 86.2 Å². The Balaban J connectivity index is 1.81. The van der Waals surface area contributed by atoms with E-state index in [1.165, 1.54) is 11.1 Å². The van der Waals surface area contributed by atoms with E-state index in [-0.39, 0.29) is 0 Å². The third-order valence-corrected chi connectivity index (χ3v) is 4.76. The van der Waals surface area contributed by atoms with Crippen molar-refractivity contribution in [2.24, 2.45) is 0 Å². The van der Waals surface area contributed by atoms with Gasteiger partial charge in [0, 0.05) is 6.54 Å². The molecule has 2 aromatic rings. The van der Waals surface area contributed by atoms with Gasteiger partial charge in [-0.3, -0.25) is 4.90 Å². The summed E-state index contributed by atoms with van der Waals surface area (Å²) in [6.07, 6.45) is 0. The number of nitrogens with zero attached hydrogens (tertiary/aromatic N) is 1. The molecule has 0 amide bonds. The lowest BCUT2D eigenvalue weighted by Crippen LogP contribution is -2.17. The maximum absolute atomic E-state index is 3.55. The SMILES string of the molecule is C[Si](C)(C)C#C[C@H]1[C@@H](c2ccccc2)N1Cc1ccccc1. The fourth-order valence-corrected chi connectivity index (χ4v) is 3.32. The van der Waals surface area contributed by atoms with Crippen LogP contribution in [0.15, 0.2) is 60.7 Å². The first-order valence-electron chi connectivity index (χ1n) is 7.92. The molecule has 0 N–H and O–H groups in total. The number of hydrogen-bond acceptors (Lipinski definition) is 1. The molecule has 1 aliphatic heterocycles. The van der Waals surface area contributed by atoms with E-state index in [0.717, 1.165) is 6.54 Å². The van der Waals surface area contributed by atoms with E-state index in [2.05, 4.69) is 96.7 Å². The van der Waals surface area contributed by atoms with E-state index < -0.39 is 8.07 Å². The molecule has 1 saturated heterocycles. The molecule has 0 saturated carbocycles. The van der Waals surface area contributed by atoms with Crippen molar-refractivity contribution in [3.63, 3.8) is 0 Å². The lowest BCUT2D eigenvalue weighted by Gasteiger charge is -2.04. The highest BCUT2D eigenvalue weighted by atomic mass is 28.3. The van der Waals surface area contributed by atoms with Gasteiger partial charge in [0.25, 0.3) is 0 Å². The van der Waals surface area contributed by atoms with Crippen LogP contribution < -0.4 is 0 Å². The molecule has 22 heavy (non-hydrogen) atoms. The van der Waals surface area contributed by atoms with E-state index in [4.69, 9.17) is 0 Å². The summed E-state index contributed by atoms with van der Waals surface area (Å²) in [5.74, 6) is 3.55. The van der Waals surface area contributed by atoms with E-state index in [1.807, 2.05) is 0 Å². The Kier molecular flexibility index (Phi) is 4.20. The van der Waals surface area contributed by atoms with Crippen LogP contribution in [0.3, 0.4) is 0 Å². The summed E-state index contributed by atoms with van der Waals surface area (Å²) in [7, 11) is -1.32. The Hall–Kier alpha value is -1.82. The molecular formula is C20H23NSi. The summed E-state index contributed by atoms with van der Waals surface area (Å²) in [6.45, 7) is 7.90. The second kappa shape index (κ2) is 6.12. The van der Waals surface area contributed by atoms with Crippen molar-refractivity contribution in [1.29, 1.82) is 0 Å². The third-order valence-electron chi connectivity index (χ3n) is 3.87. The molecule has 1 nitrogen and oxygen atoms in total. The third kappa shape index (κ3) is 3.68. The van der Waals surface area contributed by atoms with Crippen LogP contribution >= 0.6 is 0 Å². The highest BCUT2D eigenvalue weighted by Crippen LogP contribution is 2.43. The van der Waals surface area contributed by atoms with Crippen molar-refractivity contribution in [1.82, 2.24) is 4.90 Å². The zero-order valence-corrected chi connectivity index (χ0v) is 14.6. The highest BCUT2D eigenvalue weighted by Gasteiger charge is 2.47. The normalized spacial score (nSPS) is 23.5. The van der Waals surface area contributed by atoms with Crippen molar-refractivity contribution in [3.8, 4) is 11.5 Å². The molecule has 1 aliphatic rings. The fraction of sp³-hybridized carbons (Fsp3) is 0.300. The lowest BCUT2D eigenvalue weighted by molar-refractivity contribution is 0.495. The predicted molar refractivity (Wildman–Crippen MR) is 96.1 cm³/mol. The molecule has 112 valence electrons. The summed E-state index contributed by atoms with van der Waals surface area (Å²) in [6, 6.07) is 22.3. The highest BCUT2D eigenvalue weighted by molar-refractivity contribution is 6.83. The first kappa shape index (κ1) is 15.1. The van der Waals surface area contributed by atoms with Gasteiger partial charge in [0.15, 0.2) is 0 Å². The van der Waals surface area contributed by atoms with Gasteiger partial charge in [-0.2, -0.15) is 0 Å². The predicted octanol–water partition coefficient (Wildman–Crippen LogP) is 4.49. The second-order valence-corrected chi connectivity index (χ2v) is 11.7. The van der Waals surface area contributed by atoms with Gasteiger partial charge < -0.3 is 0 Å². The number of rotatable bonds is 3. The minimum absolute atomic E-state index is 0.370. The van der Waals surface area contributed by atoms with Gasteiger partial charge in [-0.05, 0) is 11.1 Å². The maximum Gasteiger partial charge on any atom is 0.129 e. The van der Waals surface area contributed by atoms with Gasteiger partial charge in [0.05, 0.1) is 12.1 Å². The van der Waals surface area contributed by atoms with Crippen molar-refractivity contribution in [2.75, 3.05) is 0 Å². The summed E-state index contributed by atoms with van der Waals surface area (Å²) < 4.78 is 0. The molecule has 0 spiro atoms. The standard InChI is InChI=1S/C20H23NSi/c1-22(2,3)15-14-19-20(18-12-8-5-9-13-18)21(19)16-17-10-6-4-7-11-17/h4-13,19-20H,16H2,1-3H3/t19-,20+,21?/m0/s1. The van der Waals surface area contributed by atoms with Crippen LogP contribution in [0.25, 0.3) is 0 Å². The van der Waals surface area contributed by atoms with Gasteiger partial charge in [-0.15, -0.1) is 5.54 Å². The molecule has 1 unspecified atom stereocenters. The number of hydrogen-bond donors (Lipinski definition) is 0. The average Bonchev–Trinajstić information content (AvgIpc) is 3.19. The zero-order chi connectivity index (χ0) is 15.6. The van der Waals surface area contributed by atoms with E-state index in [0.29, 0.717) is 12.1 Å². The Morgan fingerprint density at radius 1 is 0.909 bits per heavy atom. The Morgan fingerprint density at radius 2 is 1.50 bits per heavy atom. The topological polar surface area (TPSA) is 3.01 Å². The van der Waals surface area contributed by atoms with Crippen LogP contribution in [0.2, 0.25) is 19.6 Å². The second-order valence-electron chi connectivity index (χ2n) is 6.98. The van der Waals surface area contributed by atoms with E-state index in [1.54, 1.807) is 0 Å². The quantitative estimate of drug-likeness (QED) is 0.458. The fourth-order valence-electron chi connectivity index (χ4n) is 2.74. The number of benzene rings is 2. The average molecular weight is 305 g/mol. The Bertz CT molecular complexity index is 676. The van der Waals surface area contributed by atoms with Crippen LogP contribution in [0.4, 0.5) is 0 Å². The van der Waals surface area contributed by atoms with Crippen LogP contribution in [0, 0.1) is 11.5 Å². The summed E-state index contributed by atoms with van der Waals surface area (Å²) in [5, 5.41) is 0. The molecule has 3 rings (SSSR count). The molecule has 3 atom stereocenters. The molecule has 2 heteroatoms. The molecule has 0 bridgehead atoms. The van der Waals surface area contributed by atoms with Crippen molar-refractivity contribution < 1.29 is 0 Å². The van der Waals surface area contributed by atoms with E-state index >= 15 is 0 Å². The van der Waals surface area contributed by atoms with Crippen molar-refractivity contribution in [2.45, 2.75) is 38.3 Å². The van der Waals surface area contributed by atoms with Crippen LogP contribution in [0.5, 0.6) is 0 Å². The first-order valence-corrected chi connectivity index (χ1v) is 11.4. The van der Waals surface area contributed by atoms with E-state index in [9.17, 15) is 0 Å². The van der Waals surface area contributed by atoms with Crippen molar-refractivity contribution in [3.05, 3.63) is 71.8 Å². The zero-order valence-electron chi connectivity index (χ0n) is 13.6. The van der Waals surface area contributed by atoms with Gasteiger partial charge >= 0.3 is 0 Å². The van der Waals surface area contributed by atoms with Crippen LogP contribution in [-0.4, -0.2) is 19.0 Å². The molecular weight excluding hydrogens is 282 g/mol. The molecule has 1 fully saturated rings. The lowest BCUT2D eigenvalue weighted by atomic mass is 10.1. The minimum atomic E-state index is -1.32. The first-order chi connectivity index (χ1) is 10.5. The van der Waals surface area contributed by atoms with Crippen LogP contribution in [0.1, 0.15) is 17.2 Å². The Morgan fingerprint density at radius 3 is 2.09 bits per heavy atom. The maximum atomic E-state index is 3.55. The molecule has 0 radical (unpaired) electrons. The smallest absolute Gasteiger partial charge is 0.129 e. The largest absolute Gasteiger partial charge is 0.274 e. The summed E-state index contributed by atoms with van der Waals surface area (Å²) in [4.78, 5) is 2.50. The van der Waals surface area contributed by atoms with Gasteiger partial charge in [0.2, 0.25) is 0 Å². The summed E-state index contributed by atoms with van der Waals surface area (Å²) >= 11 is 0. The molecule has 0 aromatic heterocycles. The monoisotopic (exact) mass is 305 g/mol. The van der Waals surface area contributed by atoms with Gasteiger partial charge in [-0.25, -0.2) is 0 Å². The Labute approximate surface area is 135 Å². The van der Waals surface area contributed by atoms with Crippen molar-refractivity contribution >= 4 is 8.07 Å². The summed E-state index contributed by atoms with van der Waals surface area (Å²) in [5.41, 5.74) is 6.29. The molecule has 1 heterocycles. The molecule has 2 aromatic carbocycles. The van der Waals surface area contributed by atoms with Gasteiger partial charge in [0.1, 0.15) is 8.07 Å². The van der Waals surface area contributed by atoms with Crippen LogP contribution in [-0.2, 0) is 6.54 Å².